The predicted molar refractivity (Wildman–Crippen MR) is 58.8 cm³/mol. The molecule has 0 radical (unpaired) electrons. The van der Waals surface area contributed by atoms with Crippen molar-refractivity contribution in [2.45, 2.75) is 44.6 Å². The number of halogens is 2. The van der Waals surface area contributed by atoms with Crippen LogP contribution in [0.2, 0.25) is 0 Å². The molecule has 3 nitrogen and oxygen atoms in total. The molecule has 5 heteroatoms. The monoisotopic (exact) mass is 247 g/mol. The fourth-order valence-electron chi connectivity index (χ4n) is 2.93. The van der Waals surface area contributed by atoms with Crippen molar-refractivity contribution in [3.8, 4) is 0 Å². The Morgan fingerprint density at radius 1 is 1.47 bits per heavy atom. The summed E-state index contributed by atoms with van der Waals surface area (Å²) in [6.07, 6.45) is 0.953. The van der Waals surface area contributed by atoms with Gasteiger partial charge in [0.15, 0.2) is 0 Å². The SMILES string of the molecule is CCOC(=O)[C@@H]1C[C@@H]2CC(F)(F)CC[C@H]2CN1. The zero-order valence-corrected chi connectivity index (χ0v) is 10.0. The summed E-state index contributed by atoms with van der Waals surface area (Å²) >= 11 is 0. The van der Waals surface area contributed by atoms with Crippen molar-refractivity contribution in [3.63, 3.8) is 0 Å². The summed E-state index contributed by atoms with van der Waals surface area (Å²) in [4.78, 5) is 11.6. The molecule has 1 N–H and O–H groups in total. The van der Waals surface area contributed by atoms with E-state index in [1.165, 1.54) is 0 Å². The topological polar surface area (TPSA) is 38.3 Å². The molecule has 0 aromatic carbocycles. The quantitative estimate of drug-likeness (QED) is 0.758. The number of carbonyl (C=O) groups excluding carboxylic acids is 1. The fraction of sp³-hybridized carbons (Fsp3) is 0.917. The second kappa shape index (κ2) is 4.88. The molecule has 0 spiro atoms. The first-order valence-corrected chi connectivity index (χ1v) is 6.29. The second-order valence-electron chi connectivity index (χ2n) is 5.07. The first-order valence-electron chi connectivity index (χ1n) is 6.29. The van der Waals surface area contributed by atoms with Crippen LogP contribution >= 0.6 is 0 Å². The summed E-state index contributed by atoms with van der Waals surface area (Å²) in [5.41, 5.74) is 0. The molecule has 2 aliphatic rings. The van der Waals surface area contributed by atoms with Crippen LogP contribution in [0.4, 0.5) is 8.78 Å². The highest BCUT2D eigenvalue weighted by atomic mass is 19.3. The van der Waals surface area contributed by atoms with Crippen molar-refractivity contribution in [1.82, 2.24) is 5.32 Å². The van der Waals surface area contributed by atoms with Gasteiger partial charge in [0.1, 0.15) is 6.04 Å². The molecule has 1 aliphatic heterocycles. The number of piperidine rings is 1. The van der Waals surface area contributed by atoms with E-state index in [1.807, 2.05) is 0 Å². The molecular formula is C12H19F2NO2. The summed E-state index contributed by atoms with van der Waals surface area (Å²) in [7, 11) is 0. The van der Waals surface area contributed by atoms with Crippen LogP contribution in [0, 0.1) is 11.8 Å². The average molecular weight is 247 g/mol. The van der Waals surface area contributed by atoms with Crippen LogP contribution in [0.5, 0.6) is 0 Å². The maximum absolute atomic E-state index is 13.3. The number of hydrogen-bond acceptors (Lipinski definition) is 3. The summed E-state index contributed by atoms with van der Waals surface area (Å²) < 4.78 is 31.6. The molecule has 3 atom stereocenters. The van der Waals surface area contributed by atoms with Crippen molar-refractivity contribution in [3.05, 3.63) is 0 Å². The summed E-state index contributed by atoms with van der Waals surface area (Å²) in [5, 5.41) is 3.11. The van der Waals surface area contributed by atoms with Crippen molar-refractivity contribution in [1.29, 1.82) is 0 Å². The number of ether oxygens (including phenoxy) is 1. The minimum absolute atomic E-state index is 0.0140. The van der Waals surface area contributed by atoms with E-state index in [2.05, 4.69) is 5.32 Å². The van der Waals surface area contributed by atoms with Crippen LogP contribution in [0.25, 0.3) is 0 Å². The highest BCUT2D eigenvalue weighted by Gasteiger charge is 2.45. The van der Waals surface area contributed by atoms with E-state index in [9.17, 15) is 13.6 Å². The highest BCUT2D eigenvalue weighted by Crippen LogP contribution is 2.43. The minimum Gasteiger partial charge on any atom is -0.465 e. The normalized spacial score (nSPS) is 36.1. The van der Waals surface area contributed by atoms with Crippen LogP contribution in [0.1, 0.15) is 32.6 Å². The number of esters is 1. The Kier molecular flexibility index (Phi) is 3.66. The maximum Gasteiger partial charge on any atom is 0.323 e. The Balaban J connectivity index is 1.94. The first kappa shape index (κ1) is 12.7. The lowest BCUT2D eigenvalue weighted by Gasteiger charge is -2.41. The van der Waals surface area contributed by atoms with Crippen LogP contribution in [0.3, 0.4) is 0 Å². The second-order valence-corrected chi connectivity index (χ2v) is 5.07. The lowest BCUT2D eigenvalue weighted by atomic mass is 9.72. The van der Waals surface area contributed by atoms with E-state index >= 15 is 0 Å². The van der Waals surface area contributed by atoms with E-state index < -0.39 is 12.0 Å². The molecule has 0 aromatic rings. The molecule has 1 saturated heterocycles. The van der Waals surface area contributed by atoms with E-state index in [-0.39, 0.29) is 24.7 Å². The van der Waals surface area contributed by atoms with Crippen LogP contribution in [-0.2, 0) is 9.53 Å². The van der Waals surface area contributed by atoms with E-state index in [0.717, 1.165) is 0 Å². The van der Waals surface area contributed by atoms with Gasteiger partial charge in [-0.2, -0.15) is 0 Å². The van der Waals surface area contributed by atoms with Crippen molar-refractivity contribution >= 4 is 5.97 Å². The minimum atomic E-state index is -2.54. The third-order valence-electron chi connectivity index (χ3n) is 3.84. The molecule has 98 valence electrons. The summed E-state index contributed by atoms with van der Waals surface area (Å²) in [6.45, 7) is 2.74. The van der Waals surface area contributed by atoms with Gasteiger partial charge in [0.25, 0.3) is 0 Å². The lowest BCUT2D eigenvalue weighted by molar-refractivity contribution is -0.149. The molecule has 1 heterocycles. The molecule has 1 aliphatic carbocycles. The van der Waals surface area contributed by atoms with E-state index in [1.54, 1.807) is 6.92 Å². The largest absolute Gasteiger partial charge is 0.465 e. The van der Waals surface area contributed by atoms with Gasteiger partial charge in [-0.05, 0) is 38.1 Å². The molecule has 2 fully saturated rings. The van der Waals surface area contributed by atoms with Crippen molar-refractivity contribution < 1.29 is 18.3 Å². The molecule has 0 bridgehead atoms. The van der Waals surface area contributed by atoms with Gasteiger partial charge >= 0.3 is 5.97 Å². The van der Waals surface area contributed by atoms with Gasteiger partial charge in [0.2, 0.25) is 5.92 Å². The highest BCUT2D eigenvalue weighted by molar-refractivity contribution is 5.75. The predicted octanol–water partition coefficient (Wildman–Crippen LogP) is 1.96. The first-order chi connectivity index (χ1) is 8.02. The van der Waals surface area contributed by atoms with Crippen LogP contribution < -0.4 is 5.32 Å². The molecular weight excluding hydrogens is 228 g/mol. The van der Waals surface area contributed by atoms with E-state index in [4.69, 9.17) is 4.74 Å². The molecule has 0 unspecified atom stereocenters. The zero-order chi connectivity index (χ0) is 12.5. The van der Waals surface area contributed by atoms with Crippen molar-refractivity contribution in [2.24, 2.45) is 11.8 Å². The standard InChI is InChI=1S/C12H19F2NO2/c1-2-17-11(16)10-5-9-6-12(13,14)4-3-8(9)7-15-10/h8-10,15H,2-7H2,1H3/t8-,9+,10-/m0/s1. The molecule has 0 aromatic heterocycles. The maximum atomic E-state index is 13.3. The third kappa shape index (κ3) is 2.94. The van der Waals surface area contributed by atoms with Crippen molar-refractivity contribution in [2.75, 3.05) is 13.2 Å². The Hall–Kier alpha value is -0.710. The Labute approximate surface area is 99.9 Å². The van der Waals surface area contributed by atoms with Crippen LogP contribution in [0.15, 0.2) is 0 Å². The fourth-order valence-corrected chi connectivity index (χ4v) is 2.93. The number of carbonyl (C=O) groups is 1. The van der Waals surface area contributed by atoms with Gasteiger partial charge < -0.3 is 10.1 Å². The number of hydrogen-bond donors (Lipinski definition) is 1. The smallest absolute Gasteiger partial charge is 0.323 e. The summed E-state index contributed by atoms with van der Waals surface area (Å²) in [6, 6.07) is -0.398. The van der Waals surface area contributed by atoms with E-state index in [0.29, 0.717) is 31.9 Å². The summed E-state index contributed by atoms with van der Waals surface area (Å²) in [5.74, 6) is -2.60. The average Bonchev–Trinajstić information content (AvgIpc) is 2.27. The van der Waals surface area contributed by atoms with Gasteiger partial charge in [0, 0.05) is 12.8 Å². The van der Waals surface area contributed by atoms with Gasteiger partial charge in [-0.25, -0.2) is 8.78 Å². The van der Waals surface area contributed by atoms with Gasteiger partial charge in [0.05, 0.1) is 6.61 Å². The number of nitrogens with one attached hydrogen (secondary N) is 1. The van der Waals surface area contributed by atoms with Gasteiger partial charge in [-0.3, -0.25) is 4.79 Å². The van der Waals surface area contributed by atoms with Gasteiger partial charge in [-0.1, -0.05) is 0 Å². The number of fused-ring (bicyclic) bond motifs is 1. The Morgan fingerprint density at radius 3 is 2.94 bits per heavy atom. The van der Waals surface area contributed by atoms with Gasteiger partial charge in [-0.15, -0.1) is 0 Å². The number of alkyl halides is 2. The van der Waals surface area contributed by atoms with Crippen LogP contribution in [-0.4, -0.2) is 31.1 Å². The number of rotatable bonds is 2. The Morgan fingerprint density at radius 2 is 2.24 bits per heavy atom. The molecule has 1 saturated carbocycles. The Bertz CT molecular complexity index is 296. The molecule has 2 rings (SSSR count). The lowest BCUT2D eigenvalue weighted by Crippen LogP contribution is -2.51. The molecule has 17 heavy (non-hydrogen) atoms. The third-order valence-corrected chi connectivity index (χ3v) is 3.84. The molecule has 0 amide bonds. The zero-order valence-electron chi connectivity index (χ0n) is 10.0.